The Hall–Kier alpha value is -2.65. The molecule has 0 saturated heterocycles. The zero-order chi connectivity index (χ0) is 19.9. The van der Waals surface area contributed by atoms with E-state index in [1.165, 1.54) is 21.2 Å². The van der Waals surface area contributed by atoms with Crippen molar-refractivity contribution in [2.24, 2.45) is 0 Å². The van der Waals surface area contributed by atoms with Gasteiger partial charge in [-0.15, -0.1) is 5.10 Å². The Labute approximate surface area is 158 Å². The van der Waals surface area contributed by atoms with Gasteiger partial charge in [0, 0.05) is 31.4 Å². The summed E-state index contributed by atoms with van der Waals surface area (Å²) in [6.45, 7) is 4.05. The van der Waals surface area contributed by atoms with Crippen LogP contribution in [-0.4, -0.2) is 48.5 Å². The molecule has 0 saturated carbocycles. The van der Waals surface area contributed by atoms with Crippen LogP contribution in [-0.2, 0) is 10.0 Å². The molecule has 0 spiro atoms. The first kappa shape index (κ1) is 19.1. The molecule has 0 aliphatic heterocycles. The number of hydrogen-bond donors (Lipinski definition) is 1. The van der Waals surface area contributed by atoms with Crippen LogP contribution in [0, 0.1) is 0 Å². The van der Waals surface area contributed by atoms with Gasteiger partial charge in [-0.25, -0.2) is 22.2 Å². The molecular formula is C18H23N5O3S. The maximum atomic E-state index is 12.6. The second kappa shape index (κ2) is 6.82. The molecule has 0 amide bonds. The molecule has 144 valence electrons. The van der Waals surface area contributed by atoms with E-state index < -0.39 is 10.0 Å². The molecule has 1 aromatic carbocycles. The van der Waals surface area contributed by atoms with Crippen LogP contribution in [0.3, 0.4) is 0 Å². The van der Waals surface area contributed by atoms with Crippen LogP contribution in [0.1, 0.15) is 25.3 Å². The number of hydrogen-bond acceptors (Lipinski definition) is 6. The number of nitrogens with two attached hydrogens (primary N) is 1. The lowest BCUT2D eigenvalue weighted by atomic mass is 10.1. The van der Waals surface area contributed by atoms with Gasteiger partial charge in [0.1, 0.15) is 10.6 Å². The molecule has 0 bridgehead atoms. The number of nitrogens with zero attached hydrogens (tertiary/aromatic N) is 4. The molecule has 2 N–H and O–H groups in total. The predicted molar refractivity (Wildman–Crippen MR) is 104 cm³/mol. The van der Waals surface area contributed by atoms with Crippen LogP contribution in [0.15, 0.2) is 35.4 Å². The molecule has 0 atom stereocenters. The Morgan fingerprint density at radius 3 is 2.52 bits per heavy atom. The number of aromatic nitrogens is 3. The van der Waals surface area contributed by atoms with E-state index in [2.05, 4.69) is 10.1 Å². The molecule has 3 aromatic rings. The molecule has 0 unspecified atom stereocenters. The molecule has 2 aromatic heterocycles. The molecule has 9 heteroatoms. The van der Waals surface area contributed by atoms with E-state index in [9.17, 15) is 8.42 Å². The van der Waals surface area contributed by atoms with Crippen molar-refractivity contribution in [2.75, 3.05) is 26.9 Å². The third-order valence-electron chi connectivity index (χ3n) is 4.34. The van der Waals surface area contributed by atoms with Gasteiger partial charge in [0.25, 0.3) is 0 Å². The fraction of sp³-hybridized carbons (Fsp3) is 0.333. The van der Waals surface area contributed by atoms with E-state index in [0.29, 0.717) is 22.7 Å². The van der Waals surface area contributed by atoms with Gasteiger partial charge in [-0.05, 0) is 30.2 Å². The fourth-order valence-electron chi connectivity index (χ4n) is 2.91. The van der Waals surface area contributed by atoms with Crippen molar-refractivity contribution in [1.29, 1.82) is 0 Å². The average molecular weight is 389 g/mol. The number of ether oxygens (including phenoxy) is 1. The van der Waals surface area contributed by atoms with Crippen LogP contribution in [0.5, 0.6) is 5.75 Å². The summed E-state index contributed by atoms with van der Waals surface area (Å²) in [6, 6.07) is 6.76. The lowest BCUT2D eigenvalue weighted by molar-refractivity contribution is 0.400. The van der Waals surface area contributed by atoms with E-state index >= 15 is 0 Å². The molecule has 0 aliphatic rings. The van der Waals surface area contributed by atoms with E-state index in [0.717, 1.165) is 9.87 Å². The number of nitrogen functional groups attached to an aromatic ring is 1. The van der Waals surface area contributed by atoms with Gasteiger partial charge in [0.15, 0.2) is 11.5 Å². The van der Waals surface area contributed by atoms with Crippen LogP contribution >= 0.6 is 0 Å². The first-order chi connectivity index (χ1) is 12.7. The summed E-state index contributed by atoms with van der Waals surface area (Å²) in [5, 5.41) is 4.29. The first-order valence-corrected chi connectivity index (χ1v) is 9.86. The van der Waals surface area contributed by atoms with Crippen LogP contribution in [0.4, 0.5) is 5.82 Å². The van der Waals surface area contributed by atoms with Gasteiger partial charge < -0.3 is 10.5 Å². The van der Waals surface area contributed by atoms with Crippen molar-refractivity contribution >= 4 is 21.5 Å². The van der Waals surface area contributed by atoms with Crippen molar-refractivity contribution < 1.29 is 13.2 Å². The maximum absolute atomic E-state index is 12.6. The quantitative estimate of drug-likeness (QED) is 0.718. The number of sulfonamides is 1. The van der Waals surface area contributed by atoms with Gasteiger partial charge in [-0.1, -0.05) is 13.8 Å². The Morgan fingerprint density at radius 1 is 1.22 bits per heavy atom. The third-order valence-corrected chi connectivity index (χ3v) is 6.18. The molecule has 3 rings (SSSR count). The summed E-state index contributed by atoms with van der Waals surface area (Å²) >= 11 is 0. The second-order valence-corrected chi connectivity index (χ2v) is 8.81. The zero-order valence-corrected chi connectivity index (χ0v) is 16.8. The van der Waals surface area contributed by atoms with Gasteiger partial charge in [0.2, 0.25) is 10.0 Å². The Balaban J connectivity index is 2.21. The fourth-order valence-corrected chi connectivity index (χ4v) is 3.99. The van der Waals surface area contributed by atoms with Crippen LogP contribution in [0.25, 0.3) is 16.9 Å². The summed E-state index contributed by atoms with van der Waals surface area (Å²) in [5.74, 6) is 0.885. The Morgan fingerprint density at radius 2 is 1.93 bits per heavy atom. The van der Waals surface area contributed by atoms with Crippen LogP contribution < -0.4 is 10.5 Å². The smallest absolute Gasteiger partial charge is 0.246 e. The standard InChI is InChI=1S/C18H23N5O3S/c1-11(2)16-17(19)21-23-9-8-13(20-18(16)23)12-6-7-14(26-5)15(10-12)27(24,25)22(3)4/h6-11H,1-5H3,(H2,19,21). The highest BCUT2D eigenvalue weighted by Crippen LogP contribution is 2.32. The van der Waals surface area contributed by atoms with E-state index in [4.69, 9.17) is 10.5 Å². The second-order valence-electron chi connectivity index (χ2n) is 6.69. The maximum Gasteiger partial charge on any atom is 0.246 e. The number of fused-ring (bicyclic) bond motifs is 1. The highest BCUT2D eigenvalue weighted by Gasteiger charge is 2.23. The number of methoxy groups -OCH3 is 1. The van der Waals surface area contributed by atoms with Gasteiger partial charge in [-0.3, -0.25) is 0 Å². The van der Waals surface area contributed by atoms with Gasteiger partial charge in [0.05, 0.1) is 12.8 Å². The molecule has 0 aliphatic carbocycles. The van der Waals surface area contributed by atoms with Crippen LogP contribution in [0.2, 0.25) is 0 Å². The summed E-state index contributed by atoms with van der Waals surface area (Å²) < 4.78 is 33.3. The normalized spacial score (nSPS) is 12.3. The third kappa shape index (κ3) is 3.24. The van der Waals surface area contributed by atoms with Gasteiger partial charge >= 0.3 is 0 Å². The molecule has 2 heterocycles. The molecule has 0 radical (unpaired) electrons. The predicted octanol–water partition coefficient (Wildman–Crippen LogP) is 2.36. The topological polar surface area (TPSA) is 103 Å². The number of rotatable bonds is 5. The monoisotopic (exact) mass is 389 g/mol. The highest BCUT2D eigenvalue weighted by atomic mass is 32.2. The molecular weight excluding hydrogens is 366 g/mol. The van der Waals surface area contributed by atoms with Crippen molar-refractivity contribution in [3.05, 3.63) is 36.0 Å². The minimum Gasteiger partial charge on any atom is -0.495 e. The minimum atomic E-state index is -3.67. The average Bonchev–Trinajstić information content (AvgIpc) is 2.95. The SMILES string of the molecule is COc1ccc(-c2ccn3nc(N)c(C(C)C)c3n2)cc1S(=O)(=O)N(C)C. The molecule has 8 nitrogen and oxygen atoms in total. The van der Waals surface area contributed by atoms with Crippen molar-refractivity contribution in [3.63, 3.8) is 0 Å². The molecule has 0 fully saturated rings. The summed E-state index contributed by atoms with van der Waals surface area (Å²) in [6.07, 6.45) is 1.77. The van der Waals surface area contributed by atoms with Crippen molar-refractivity contribution in [3.8, 4) is 17.0 Å². The Bertz CT molecular complexity index is 1100. The number of benzene rings is 1. The minimum absolute atomic E-state index is 0.0891. The van der Waals surface area contributed by atoms with Crippen molar-refractivity contribution in [1.82, 2.24) is 18.9 Å². The molecule has 27 heavy (non-hydrogen) atoms. The first-order valence-electron chi connectivity index (χ1n) is 8.42. The zero-order valence-electron chi connectivity index (χ0n) is 16.0. The summed E-state index contributed by atoms with van der Waals surface area (Å²) in [4.78, 5) is 4.77. The lowest BCUT2D eigenvalue weighted by Gasteiger charge is -2.15. The van der Waals surface area contributed by atoms with E-state index in [-0.39, 0.29) is 16.6 Å². The summed E-state index contributed by atoms with van der Waals surface area (Å²) in [5.41, 5.74) is 8.84. The van der Waals surface area contributed by atoms with E-state index in [1.54, 1.807) is 35.0 Å². The summed E-state index contributed by atoms with van der Waals surface area (Å²) in [7, 11) is 0.739. The van der Waals surface area contributed by atoms with E-state index in [1.807, 2.05) is 13.8 Å². The number of anilines is 1. The largest absolute Gasteiger partial charge is 0.495 e. The lowest BCUT2D eigenvalue weighted by Crippen LogP contribution is -2.22. The highest BCUT2D eigenvalue weighted by molar-refractivity contribution is 7.89. The van der Waals surface area contributed by atoms with Gasteiger partial charge in [-0.2, -0.15) is 0 Å². The Kier molecular flexibility index (Phi) is 4.83. The van der Waals surface area contributed by atoms with Crippen molar-refractivity contribution in [2.45, 2.75) is 24.7 Å².